The zero-order valence-corrected chi connectivity index (χ0v) is 26.2. The molecule has 1 N–H and O–H groups in total. The minimum atomic E-state index is -4.75. The molecule has 46 heavy (non-hydrogen) atoms. The second-order valence-corrected chi connectivity index (χ2v) is 12.0. The Morgan fingerprint density at radius 2 is 1.72 bits per heavy atom. The number of halogens is 3. The van der Waals surface area contributed by atoms with Gasteiger partial charge in [0.2, 0.25) is 0 Å². The fourth-order valence-corrected chi connectivity index (χ4v) is 6.39. The Morgan fingerprint density at radius 3 is 2.43 bits per heavy atom. The van der Waals surface area contributed by atoms with Crippen LogP contribution in [0.3, 0.4) is 0 Å². The predicted molar refractivity (Wildman–Crippen MR) is 171 cm³/mol. The van der Waals surface area contributed by atoms with Gasteiger partial charge in [0.25, 0.3) is 0 Å². The highest BCUT2D eigenvalue weighted by Crippen LogP contribution is 2.33. The summed E-state index contributed by atoms with van der Waals surface area (Å²) in [5, 5.41) is 9.54. The monoisotopic (exact) mass is 644 g/mol. The summed E-state index contributed by atoms with van der Waals surface area (Å²) >= 11 is 1.44. The molecule has 5 aromatic rings. The minimum Gasteiger partial charge on any atom is -0.406 e. The van der Waals surface area contributed by atoms with Gasteiger partial charge < -0.3 is 10.1 Å². The number of carbonyl (C=O) groups excluding carboxylic acids is 1. The Hall–Kier alpha value is -4.97. The third kappa shape index (κ3) is 6.81. The summed E-state index contributed by atoms with van der Waals surface area (Å²) in [5.41, 5.74) is 7.46. The van der Waals surface area contributed by atoms with Gasteiger partial charge in [-0.05, 0) is 79.1 Å². The molecule has 2 aromatic heterocycles. The highest BCUT2D eigenvalue weighted by atomic mass is 32.1. The molecule has 0 saturated carbocycles. The molecule has 0 fully saturated rings. The van der Waals surface area contributed by atoms with Crippen molar-refractivity contribution in [3.63, 3.8) is 0 Å². The van der Waals surface area contributed by atoms with Crippen LogP contribution in [0.15, 0.2) is 95.2 Å². The van der Waals surface area contributed by atoms with Gasteiger partial charge in [-0.15, -0.1) is 29.6 Å². The Bertz CT molecular complexity index is 1970. The van der Waals surface area contributed by atoms with Crippen LogP contribution in [0.5, 0.6) is 5.75 Å². The number of aryl methyl sites for hydroxylation is 1. The summed E-state index contributed by atoms with van der Waals surface area (Å²) in [5.74, 6) is 0.472. The normalized spacial score (nSPS) is 13.9. The molecule has 2 amide bonds. The van der Waals surface area contributed by atoms with Crippen LogP contribution >= 0.6 is 11.3 Å². The van der Waals surface area contributed by atoms with Gasteiger partial charge in [0.15, 0.2) is 10.6 Å². The second kappa shape index (κ2) is 12.8. The highest BCUT2D eigenvalue weighted by Gasteiger charge is 2.31. The van der Waals surface area contributed by atoms with Crippen molar-refractivity contribution in [1.82, 2.24) is 24.6 Å². The Balaban J connectivity index is 1.19. The third-order valence-corrected chi connectivity index (χ3v) is 8.61. The number of carbonyl (C=O) groups is 1. The maximum absolute atomic E-state index is 13.2. The van der Waals surface area contributed by atoms with Crippen LogP contribution < -0.4 is 14.9 Å². The number of amides is 2. The number of nitrogens with one attached hydrogen (secondary N) is 1. The van der Waals surface area contributed by atoms with Crippen LogP contribution in [0.2, 0.25) is 0 Å². The van der Waals surface area contributed by atoms with Gasteiger partial charge in [0.05, 0.1) is 11.4 Å². The van der Waals surface area contributed by atoms with Crippen molar-refractivity contribution < 1.29 is 22.7 Å². The molecule has 0 unspecified atom stereocenters. The van der Waals surface area contributed by atoms with Gasteiger partial charge in [0, 0.05) is 22.3 Å². The number of hydrogen-bond donors (Lipinski definition) is 1. The zero-order chi connectivity index (χ0) is 32.4. The maximum atomic E-state index is 13.2. The second-order valence-electron chi connectivity index (χ2n) is 11.2. The molecule has 0 saturated heterocycles. The molecule has 0 atom stereocenters. The van der Waals surface area contributed by atoms with E-state index in [4.69, 9.17) is 0 Å². The molecule has 2 heterocycles. The van der Waals surface area contributed by atoms with E-state index in [1.165, 1.54) is 52.2 Å². The Labute approximate surface area is 267 Å². The lowest BCUT2D eigenvalue weighted by atomic mass is 10.0. The Morgan fingerprint density at radius 1 is 1.00 bits per heavy atom. The Kier molecular flexibility index (Phi) is 8.63. The minimum absolute atomic E-state index is 0.310. The number of rotatable bonds is 7. The number of urea groups is 1. The van der Waals surface area contributed by atoms with E-state index in [0.717, 1.165) is 53.0 Å². The molecule has 236 valence electrons. The van der Waals surface area contributed by atoms with Crippen molar-refractivity contribution in [2.75, 3.05) is 0 Å². The number of allylic oxidation sites excluding steroid dienone is 2. The lowest BCUT2D eigenvalue weighted by molar-refractivity contribution is -0.274. The molecule has 0 spiro atoms. The van der Waals surface area contributed by atoms with Gasteiger partial charge in [0.1, 0.15) is 12.1 Å². The molecule has 12 heteroatoms. The molecular formula is C34H31F3N6O2S. The standard InChI is InChI=1S/C34H31F3N6O2S/c1-21(2)27-7-4-5-10-30(27)43-22(3)19-46-33(43)40-32(44)39-29-9-6-8-28(29)23-11-13-24(14-12-23)31-38-20-42(41-31)25-15-17-26(18-16-25)45-34(35,36)37/h4-5,7,10-21H,6,8-9H2,1-3H3,(H,39,44)/b40-33-. The van der Waals surface area contributed by atoms with Gasteiger partial charge in [-0.1, -0.05) is 56.3 Å². The van der Waals surface area contributed by atoms with E-state index >= 15 is 0 Å². The van der Waals surface area contributed by atoms with Crippen LogP contribution in [-0.4, -0.2) is 31.7 Å². The van der Waals surface area contributed by atoms with E-state index in [2.05, 4.69) is 51.1 Å². The van der Waals surface area contributed by atoms with Crippen LogP contribution in [-0.2, 0) is 0 Å². The molecule has 8 nitrogen and oxygen atoms in total. The molecule has 0 bridgehead atoms. The summed E-state index contributed by atoms with van der Waals surface area (Å²) in [6.45, 7) is 6.31. The van der Waals surface area contributed by atoms with Crippen molar-refractivity contribution >= 4 is 22.9 Å². The van der Waals surface area contributed by atoms with Gasteiger partial charge in [-0.3, -0.25) is 4.57 Å². The molecule has 1 aliphatic carbocycles. The molecular weight excluding hydrogens is 613 g/mol. The van der Waals surface area contributed by atoms with Crippen molar-refractivity contribution in [3.8, 4) is 28.5 Å². The number of hydrogen-bond acceptors (Lipinski definition) is 5. The predicted octanol–water partition coefficient (Wildman–Crippen LogP) is 8.32. The van der Waals surface area contributed by atoms with Crippen molar-refractivity contribution in [3.05, 3.63) is 112 Å². The van der Waals surface area contributed by atoms with E-state index in [1.807, 2.05) is 53.3 Å². The van der Waals surface area contributed by atoms with Crippen LogP contribution in [0, 0.1) is 6.92 Å². The molecule has 0 aliphatic heterocycles. The van der Waals surface area contributed by atoms with Gasteiger partial charge >= 0.3 is 12.4 Å². The average molecular weight is 645 g/mol. The SMILES string of the molecule is Cc1cs/c(=N\C(=O)NC2=C(c3ccc(-c4ncn(-c5ccc(OC(F)(F)F)cc5)n4)cc3)CCC2)n1-c1ccccc1C(C)C. The number of aromatic nitrogens is 4. The number of alkyl halides is 3. The lowest BCUT2D eigenvalue weighted by Crippen LogP contribution is -2.24. The van der Waals surface area contributed by atoms with Crippen molar-refractivity contribution in [1.29, 1.82) is 0 Å². The number of para-hydroxylation sites is 1. The van der Waals surface area contributed by atoms with E-state index in [0.29, 0.717) is 22.2 Å². The summed E-state index contributed by atoms with van der Waals surface area (Å²) in [4.78, 5) is 22.7. The smallest absolute Gasteiger partial charge is 0.406 e. The third-order valence-electron chi connectivity index (χ3n) is 7.67. The van der Waals surface area contributed by atoms with E-state index in [-0.39, 0.29) is 5.75 Å². The number of thiazole rings is 1. The topological polar surface area (TPSA) is 86.3 Å². The van der Waals surface area contributed by atoms with Crippen LogP contribution in [0.1, 0.15) is 55.8 Å². The van der Waals surface area contributed by atoms with Crippen LogP contribution in [0.25, 0.3) is 28.3 Å². The number of ether oxygens (including phenoxy) is 1. The summed E-state index contributed by atoms with van der Waals surface area (Å²) in [6.07, 6.45) is -0.755. The quantitative estimate of drug-likeness (QED) is 0.193. The fourth-order valence-electron chi connectivity index (χ4n) is 5.53. The first-order valence-corrected chi connectivity index (χ1v) is 15.7. The summed E-state index contributed by atoms with van der Waals surface area (Å²) in [7, 11) is 0. The van der Waals surface area contributed by atoms with Gasteiger partial charge in [-0.2, -0.15) is 4.99 Å². The lowest BCUT2D eigenvalue weighted by Gasteiger charge is -2.15. The number of benzene rings is 3. The zero-order valence-electron chi connectivity index (χ0n) is 25.4. The molecule has 0 radical (unpaired) electrons. The van der Waals surface area contributed by atoms with Crippen molar-refractivity contribution in [2.24, 2.45) is 4.99 Å². The van der Waals surface area contributed by atoms with E-state index < -0.39 is 12.4 Å². The molecule has 3 aromatic carbocycles. The average Bonchev–Trinajstić information content (AvgIpc) is 3.78. The maximum Gasteiger partial charge on any atom is 0.573 e. The first kappa shape index (κ1) is 31.0. The molecule has 1 aliphatic rings. The summed E-state index contributed by atoms with van der Waals surface area (Å²) in [6, 6.07) is 20.9. The van der Waals surface area contributed by atoms with Crippen LogP contribution in [0.4, 0.5) is 18.0 Å². The highest BCUT2D eigenvalue weighted by molar-refractivity contribution is 7.07. The van der Waals surface area contributed by atoms with E-state index in [1.54, 1.807) is 0 Å². The van der Waals surface area contributed by atoms with E-state index in [9.17, 15) is 18.0 Å². The first-order valence-electron chi connectivity index (χ1n) is 14.8. The van der Waals surface area contributed by atoms with Gasteiger partial charge in [-0.25, -0.2) is 14.5 Å². The number of nitrogens with zero attached hydrogens (tertiary/aromatic N) is 5. The largest absolute Gasteiger partial charge is 0.573 e. The fraction of sp³-hybridized carbons (Fsp3) is 0.235. The summed E-state index contributed by atoms with van der Waals surface area (Å²) < 4.78 is 44.8. The van der Waals surface area contributed by atoms with Crippen molar-refractivity contribution in [2.45, 2.75) is 52.3 Å². The first-order chi connectivity index (χ1) is 22.1. The molecule has 6 rings (SSSR count).